The molecule has 0 radical (unpaired) electrons. The van der Waals surface area contributed by atoms with Crippen LogP contribution in [-0.4, -0.2) is 37.4 Å². The van der Waals surface area contributed by atoms with Crippen molar-refractivity contribution in [3.05, 3.63) is 131 Å². The third kappa shape index (κ3) is 6.66. The van der Waals surface area contributed by atoms with Crippen molar-refractivity contribution >= 4 is 0 Å². The molecule has 2 heterocycles. The highest BCUT2D eigenvalue weighted by molar-refractivity contribution is 5.52. The Morgan fingerprint density at radius 3 is 1.38 bits per heavy atom. The van der Waals surface area contributed by atoms with Crippen LogP contribution in [-0.2, 0) is 30.8 Å². The van der Waals surface area contributed by atoms with Gasteiger partial charge in [0.1, 0.15) is 11.5 Å². The molecule has 45 heavy (non-hydrogen) atoms. The van der Waals surface area contributed by atoms with Gasteiger partial charge >= 0.3 is 11.9 Å². The summed E-state index contributed by atoms with van der Waals surface area (Å²) in [4.78, 5) is 0. The van der Waals surface area contributed by atoms with Crippen LogP contribution in [0.1, 0.15) is 69.2 Å². The first-order valence-electron chi connectivity index (χ1n) is 16.2. The monoisotopic (exact) mass is 608 g/mol. The zero-order valence-electron chi connectivity index (χ0n) is 26.7. The average molecular weight is 609 g/mol. The van der Waals surface area contributed by atoms with E-state index in [1.54, 1.807) is 0 Å². The van der Waals surface area contributed by atoms with Crippen LogP contribution in [0.15, 0.2) is 109 Å². The van der Waals surface area contributed by atoms with Gasteiger partial charge in [0, 0.05) is 5.41 Å². The number of aryl methyl sites for hydroxylation is 1. The Bertz CT molecular complexity index is 1430. The molecule has 4 aromatic carbocycles. The lowest BCUT2D eigenvalue weighted by Crippen LogP contribution is -2.31. The van der Waals surface area contributed by atoms with Gasteiger partial charge < -0.3 is 28.4 Å². The summed E-state index contributed by atoms with van der Waals surface area (Å²) in [6.45, 7) is 9.24. The highest BCUT2D eigenvalue weighted by Gasteiger charge is 2.60. The topological polar surface area (TPSA) is 62.0 Å². The number of hydrogen-bond acceptors (Lipinski definition) is 6. The molecule has 6 rings (SSSR count). The van der Waals surface area contributed by atoms with Gasteiger partial charge in [0.15, 0.2) is 12.2 Å². The Kier molecular flexibility index (Phi) is 9.29. The number of epoxide rings is 2. The molecule has 0 aliphatic carbocycles. The molecule has 2 aliphatic rings. The zero-order valence-corrected chi connectivity index (χ0v) is 26.7. The number of hydrogen-bond donors (Lipinski definition) is 0. The van der Waals surface area contributed by atoms with Crippen LogP contribution >= 0.6 is 0 Å². The molecule has 236 valence electrons. The predicted molar refractivity (Wildman–Crippen MR) is 174 cm³/mol. The van der Waals surface area contributed by atoms with Crippen molar-refractivity contribution < 1.29 is 28.4 Å². The van der Waals surface area contributed by atoms with Gasteiger partial charge in [-0.25, -0.2) is 0 Å². The van der Waals surface area contributed by atoms with E-state index in [-0.39, 0.29) is 12.2 Å². The maximum atomic E-state index is 6.26. The molecular weight excluding hydrogens is 564 g/mol. The van der Waals surface area contributed by atoms with E-state index in [1.807, 2.05) is 38.1 Å². The molecule has 0 amide bonds. The van der Waals surface area contributed by atoms with E-state index in [0.717, 1.165) is 25.7 Å². The van der Waals surface area contributed by atoms with Gasteiger partial charge in [-0.15, -0.1) is 0 Å². The van der Waals surface area contributed by atoms with Crippen LogP contribution in [0.3, 0.4) is 0 Å². The molecular formula is C39H44O6. The standard InChI is InChI=1S/C39H44O6/c1-5-27-40-38(29(3)42-38)44-35-21-17-33(18-22-35)37(32-15-11-8-12-16-32,26-25-31-13-9-7-10-14-31)34-19-23-36(24-20-34)45-39(30(4)43-39)41-28-6-2/h7-24,29-30H,5-6,25-28H2,1-4H3. The van der Waals surface area contributed by atoms with Crippen LogP contribution in [0.4, 0.5) is 0 Å². The Morgan fingerprint density at radius 2 is 0.978 bits per heavy atom. The maximum Gasteiger partial charge on any atom is 0.355 e. The molecule has 0 bridgehead atoms. The van der Waals surface area contributed by atoms with Gasteiger partial charge in [0.25, 0.3) is 0 Å². The summed E-state index contributed by atoms with van der Waals surface area (Å²) in [5.41, 5.74) is 4.39. The minimum Gasteiger partial charge on any atom is -0.437 e. The molecule has 6 heteroatoms. The number of rotatable bonds is 16. The molecule has 6 nitrogen and oxygen atoms in total. The Balaban J connectivity index is 1.36. The van der Waals surface area contributed by atoms with E-state index < -0.39 is 17.4 Å². The second-order valence-corrected chi connectivity index (χ2v) is 11.9. The molecule has 4 unspecified atom stereocenters. The van der Waals surface area contributed by atoms with Gasteiger partial charge in [0.2, 0.25) is 0 Å². The van der Waals surface area contributed by atoms with Gasteiger partial charge in [0.05, 0.1) is 13.2 Å². The normalized spacial score (nSPS) is 24.9. The van der Waals surface area contributed by atoms with E-state index in [9.17, 15) is 0 Å². The van der Waals surface area contributed by atoms with E-state index >= 15 is 0 Å². The van der Waals surface area contributed by atoms with Crippen LogP contribution < -0.4 is 9.47 Å². The van der Waals surface area contributed by atoms with E-state index in [1.165, 1.54) is 22.3 Å². The number of ether oxygens (including phenoxy) is 6. The Labute approximate surface area is 267 Å². The summed E-state index contributed by atoms with van der Waals surface area (Å²) in [5, 5.41) is 0. The number of benzene rings is 4. The van der Waals surface area contributed by atoms with Gasteiger partial charge in [-0.1, -0.05) is 98.8 Å². The van der Waals surface area contributed by atoms with E-state index in [4.69, 9.17) is 28.4 Å². The largest absolute Gasteiger partial charge is 0.437 e. The van der Waals surface area contributed by atoms with Gasteiger partial charge in [-0.2, -0.15) is 0 Å². The summed E-state index contributed by atoms with van der Waals surface area (Å²) in [5.74, 6) is -0.580. The zero-order chi connectivity index (χ0) is 31.3. The summed E-state index contributed by atoms with van der Waals surface area (Å²) in [7, 11) is 0. The average Bonchev–Trinajstić information content (AvgIpc) is 3.94. The third-order valence-electron chi connectivity index (χ3n) is 8.69. The first-order chi connectivity index (χ1) is 21.9. The SMILES string of the molecule is CCCOC1(Oc2ccc(C(CCc3ccccc3)(c3ccccc3)c3ccc(OC4(OCCC)OC4C)cc3)cc2)OC1C. The summed E-state index contributed by atoms with van der Waals surface area (Å²) < 4.78 is 35.9. The highest BCUT2D eigenvalue weighted by atomic mass is 17.0. The minimum atomic E-state index is -1.00. The first kappa shape index (κ1) is 31.3. The molecule has 2 fully saturated rings. The maximum absolute atomic E-state index is 6.26. The van der Waals surface area contributed by atoms with Gasteiger partial charge in [-0.3, -0.25) is 0 Å². The molecule has 2 aliphatic heterocycles. The second-order valence-electron chi connectivity index (χ2n) is 11.9. The smallest absolute Gasteiger partial charge is 0.355 e. The highest BCUT2D eigenvalue weighted by Crippen LogP contribution is 2.46. The molecule has 4 aromatic rings. The van der Waals surface area contributed by atoms with E-state index in [2.05, 4.69) is 98.8 Å². The van der Waals surface area contributed by atoms with Crippen LogP contribution in [0.25, 0.3) is 0 Å². The van der Waals surface area contributed by atoms with Crippen LogP contribution in [0.2, 0.25) is 0 Å². The fraction of sp³-hybridized carbons (Fsp3) is 0.385. The lowest BCUT2D eigenvalue weighted by Gasteiger charge is -2.36. The first-order valence-corrected chi connectivity index (χ1v) is 16.2. The molecule has 0 saturated carbocycles. The van der Waals surface area contributed by atoms with Crippen molar-refractivity contribution in [1.29, 1.82) is 0 Å². The third-order valence-corrected chi connectivity index (χ3v) is 8.69. The van der Waals surface area contributed by atoms with Crippen molar-refractivity contribution in [3.63, 3.8) is 0 Å². The summed E-state index contributed by atoms with van der Waals surface area (Å²) in [6.07, 6.45) is 3.30. The van der Waals surface area contributed by atoms with Crippen LogP contribution in [0.5, 0.6) is 11.5 Å². The molecule has 0 aromatic heterocycles. The van der Waals surface area contributed by atoms with Crippen molar-refractivity contribution in [2.75, 3.05) is 13.2 Å². The van der Waals surface area contributed by atoms with Gasteiger partial charge in [-0.05, 0) is 86.1 Å². The van der Waals surface area contributed by atoms with Crippen LogP contribution in [0, 0.1) is 0 Å². The molecule has 0 spiro atoms. The summed E-state index contributed by atoms with van der Waals surface area (Å²) >= 11 is 0. The van der Waals surface area contributed by atoms with E-state index in [0.29, 0.717) is 24.7 Å². The van der Waals surface area contributed by atoms with Crippen molar-refractivity contribution in [2.45, 2.75) is 82.9 Å². The molecule has 4 atom stereocenters. The fourth-order valence-corrected chi connectivity index (χ4v) is 6.06. The van der Waals surface area contributed by atoms with Crippen molar-refractivity contribution in [2.24, 2.45) is 0 Å². The Hall–Kier alpha value is -3.68. The summed E-state index contributed by atoms with van der Waals surface area (Å²) in [6, 6.07) is 38.2. The molecule has 0 N–H and O–H groups in total. The van der Waals surface area contributed by atoms with Crippen molar-refractivity contribution in [3.8, 4) is 11.5 Å². The quantitative estimate of drug-likeness (QED) is 0.0723. The second kappa shape index (κ2) is 13.4. The predicted octanol–water partition coefficient (Wildman–Crippen LogP) is 8.41. The Morgan fingerprint density at radius 1 is 0.578 bits per heavy atom. The lowest BCUT2D eigenvalue weighted by molar-refractivity contribution is -0.174. The fourth-order valence-electron chi connectivity index (χ4n) is 6.06. The van der Waals surface area contributed by atoms with Crippen molar-refractivity contribution in [1.82, 2.24) is 0 Å². The minimum absolute atomic E-state index is 0.116. The lowest BCUT2D eigenvalue weighted by atomic mass is 9.66. The molecule has 2 saturated heterocycles.